The Morgan fingerprint density at radius 2 is 2.00 bits per heavy atom. The van der Waals surface area contributed by atoms with E-state index in [1.165, 1.54) is 41.3 Å². The second-order valence-corrected chi connectivity index (χ2v) is 10.6. The van der Waals surface area contributed by atoms with Crippen LogP contribution in [-0.2, 0) is 14.3 Å². The number of carbonyl (C=O) groups excluding carboxylic acids is 2. The lowest BCUT2D eigenvalue weighted by molar-refractivity contribution is -0.140. The summed E-state index contributed by atoms with van der Waals surface area (Å²) in [6, 6.07) is 8.00. The Labute approximate surface area is 215 Å². The zero-order valence-electron chi connectivity index (χ0n) is 20.6. The lowest BCUT2D eigenvalue weighted by atomic mass is 9.95. The number of carbonyl (C=O) groups is 2. The Morgan fingerprint density at radius 3 is 2.64 bits per heavy atom. The fourth-order valence-corrected chi connectivity index (χ4v) is 5.58. The highest BCUT2D eigenvalue weighted by atomic mass is 32.1. The molecule has 2 aromatic heterocycles. The molecule has 0 fully saturated rings. The van der Waals surface area contributed by atoms with Crippen molar-refractivity contribution >= 4 is 40.7 Å². The zero-order chi connectivity index (χ0) is 26.0. The van der Waals surface area contributed by atoms with Crippen LogP contribution in [0.2, 0.25) is 0 Å². The number of thiazole rings is 1. The van der Waals surface area contributed by atoms with Crippen molar-refractivity contribution in [2.75, 3.05) is 13.7 Å². The van der Waals surface area contributed by atoms with Gasteiger partial charge in [0.2, 0.25) is 0 Å². The van der Waals surface area contributed by atoms with Gasteiger partial charge < -0.3 is 14.2 Å². The minimum Gasteiger partial charge on any atom is -0.493 e. The van der Waals surface area contributed by atoms with E-state index < -0.39 is 18.0 Å². The lowest BCUT2D eigenvalue weighted by Gasteiger charge is -2.25. The van der Waals surface area contributed by atoms with Gasteiger partial charge in [-0.1, -0.05) is 37.3 Å². The Morgan fingerprint density at radius 1 is 1.22 bits per heavy atom. The molecule has 10 heteroatoms. The second-order valence-electron chi connectivity index (χ2n) is 8.59. The van der Waals surface area contributed by atoms with E-state index in [1.54, 1.807) is 25.1 Å². The normalized spacial score (nSPS) is 15.5. The number of ether oxygens (including phenoxy) is 3. The average Bonchev–Trinajstić information content (AvgIpc) is 3.44. The molecule has 8 nitrogen and oxygen atoms in total. The molecule has 36 heavy (non-hydrogen) atoms. The third-order valence-corrected chi connectivity index (χ3v) is 7.17. The number of hydrogen-bond acceptors (Lipinski definition) is 9. The first-order chi connectivity index (χ1) is 17.2. The van der Waals surface area contributed by atoms with Gasteiger partial charge in [0.15, 0.2) is 16.3 Å². The smallest absolute Gasteiger partial charge is 0.338 e. The summed E-state index contributed by atoms with van der Waals surface area (Å²) in [6.45, 7) is 7.17. The molecule has 0 radical (unpaired) electrons. The summed E-state index contributed by atoms with van der Waals surface area (Å²) in [6.07, 6.45) is 1.83. The molecule has 0 unspecified atom stereocenters. The number of methoxy groups -OCH3 is 1. The molecular weight excluding hydrogens is 500 g/mol. The summed E-state index contributed by atoms with van der Waals surface area (Å²) in [5.74, 6) is -0.346. The topological polar surface area (TPSA) is 96.2 Å². The molecule has 4 rings (SSSR count). The first kappa shape index (κ1) is 25.6. The van der Waals surface area contributed by atoms with Gasteiger partial charge in [0, 0.05) is 11.8 Å². The van der Waals surface area contributed by atoms with E-state index in [-0.39, 0.29) is 29.4 Å². The first-order valence-corrected chi connectivity index (χ1v) is 13.0. The van der Waals surface area contributed by atoms with Crippen molar-refractivity contribution in [3.05, 3.63) is 77.1 Å². The number of thiophene rings is 1. The van der Waals surface area contributed by atoms with Crippen LogP contribution < -0.4 is 24.4 Å². The van der Waals surface area contributed by atoms with Gasteiger partial charge in [-0.3, -0.25) is 14.2 Å². The Kier molecular flexibility index (Phi) is 7.56. The van der Waals surface area contributed by atoms with E-state index in [1.807, 2.05) is 37.4 Å². The van der Waals surface area contributed by atoms with Crippen LogP contribution in [0.3, 0.4) is 0 Å². The van der Waals surface area contributed by atoms with Crippen LogP contribution in [-0.4, -0.2) is 30.2 Å². The average molecular weight is 527 g/mol. The van der Waals surface area contributed by atoms with Crippen LogP contribution in [0, 0.1) is 5.92 Å². The van der Waals surface area contributed by atoms with Crippen molar-refractivity contribution in [3.8, 4) is 11.5 Å². The summed E-state index contributed by atoms with van der Waals surface area (Å²) in [7, 11) is 1.46. The number of esters is 2. The summed E-state index contributed by atoms with van der Waals surface area (Å²) >= 11 is 2.79. The van der Waals surface area contributed by atoms with E-state index in [0.717, 1.165) is 4.88 Å². The standard InChI is InChI=1S/C26H26N2O6S2/c1-14(2)13-33-25(31)22-15(3)27-26-28(24(30)21(36-26)12-18-7-6-10-35-18)23(22)17-8-9-19(34-16(4)29)20(11-17)32-5/h6-12,14,23H,13H2,1-5H3/b21-12+/t23-/m1/s1. The predicted molar refractivity (Wildman–Crippen MR) is 138 cm³/mol. The second kappa shape index (κ2) is 10.6. The number of benzene rings is 1. The molecule has 0 amide bonds. The maximum absolute atomic E-state index is 13.6. The maximum atomic E-state index is 13.6. The number of nitrogens with zero attached hydrogens (tertiary/aromatic N) is 2. The molecule has 0 N–H and O–H groups in total. The number of rotatable bonds is 7. The van der Waals surface area contributed by atoms with E-state index in [2.05, 4.69) is 4.99 Å². The predicted octanol–water partition coefficient (Wildman–Crippen LogP) is 3.43. The molecule has 188 valence electrons. The van der Waals surface area contributed by atoms with Gasteiger partial charge in [-0.2, -0.15) is 0 Å². The first-order valence-electron chi connectivity index (χ1n) is 11.3. The lowest BCUT2D eigenvalue weighted by Crippen LogP contribution is -2.40. The molecule has 0 aliphatic carbocycles. The number of hydrogen-bond donors (Lipinski definition) is 0. The molecule has 0 saturated heterocycles. The minimum absolute atomic E-state index is 0.142. The molecule has 3 heterocycles. The monoisotopic (exact) mass is 526 g/mol. The van der Waals surface area contributed by atoms with Crippen molar-refractivity contribution < 1.29 is 23.8 Å². The molecule has 3 aromatic rings. The van der Waals surface area contributed by atoms with Crippen LogP contribution in [0.15, 0.2) is 56.8 Å². The highest BCUT2D eigenvalue weighted by Crippen LogP contribution is 2.36. The minimum atomic E-state index is -0.799. The fourth-order valence-electron chi connectivity index (χ4n) is 3.81. The van der Waals surface area contributed by atoms with E-state index in [4.69, 9.17) is 14.2 Å². The van der Waals surface area contributed by atoms with Crippen LogP contribution in [0.4, 0.5) is 0 Å². The van der Waals surface area contributed by atoms with Crippen molar-refractivity contribution in [3.63, 3.8) is 0 Å². The number of fused-ring (bicyclic) bond motifs is 1. The Balaban J connectivity index is 1.92. The van der Waals surface area contributed by atoms with Gasteiger partial charge >= 0.3 is 11.9 Å². The summed E-state index contributed by atoms with van der Waals surface area (Å²) in [5, 5.41) is 1.94. The SMILES string of the molecule is COc1cc([C@@H]2C(C(=O)OCC(C)C)=C(C)N=c3s/c(=C/c4cccs4)c(=O)n32)ccc1OC(C)=O. The fraction of sp³-hybridized carbons (Fsp3) is 0.308. The highest BCUT2D eigenvalue weighted by molar-refractivity contribution is 7.11. The van der Waals surface area contributed by atoms with Crippen LogP contribution in [0.1, 0.15) is 44.2 Å². The van der Waals surface area contributed by atoms with Crippen molar-refractivity contribution in [1.29, 1.82) is 0 Å². The Bertz CT molecular complexity index is 1510. The maximum Gasteiger partial charge on any atom is 0.338 e. The third-order valence-electron chi connectivity index (χ3n) is 5.36. The van der Waals surface area contributed by atoms with Crippen molar-refractivity contribution in [2.45, 2.75) is 33.7 Å². The number of allylic oxidation sites excluding steroid dienone is 1. The molecule has 1 aliphatic rings. The Hall–Kier alpha value is -3.50. The quantitative estimate of drug-likeness (QED) is 0.346. The van der Waals surface area contributed by atoms with Crippen molar-refractivity contribution in [1.82, 2.24) is 4.57 Å². The van der Waals surface area contributed by atoms with Crippen LogP contribution in [0.5, 0.6) is 11.5 Å². The van der Waals surface area contributed by atoms with Gasteiger partial charge in [-0.25, -0.2) is 9.79 Å². The van der Waals surface area contributed by atoms with E-state index >= 15 is 0 Å². The van der Waals surface area contributed by atoms with Crippen LogP contribution in [0.25, 0.3) is 6.08 Å². The summed E-state index contributed by atoms with van der Waals surface area (Å²) in [4.78, 5) is 44.5. The molecule has 1 aromatic carbocycles. The third kappa shape index (κ3) is 5.19. The van der Waals surface area contributed by atoms with Gasteiger partial charge in [0.1, 0.15) is 0 Å². The molecule has 0 bridgehead atoms. The molecular formula is C26H26N2O6S2. The number of aromatic nitrogens is 1. The molecule has 0 spiro atoms. The molecule has 1 atom stereocenters. The van der Waals surface area contributed by atoms with Gasteiger partial charge in [0.25, 0.3) is 5.56 Å². The largest absolute Gasteiger partial charge is 0.493 e. The highest BCUT2D eigenvalue weighted by Gasteiger charge is 2.34. The van der Waals surface area contributed by atoms with Crippen LogP contribution >= 0.6 is 22.7 Å². The van der Waals surface area contributed by atoms with Gasteiger partial charge in [-0.05, 0) is 48.1 Å². The van der Waals surface area contributed by atoms with Gasteiger partial charge in [0.05, 0.1) is 35.6 Å². The van der Waals surface area contributed by atoms with Crippen molar-refractivity contribution in [2.24, 2.45) is 10.9 Å². The molecule has 1 aliphatic heterocycles. The van der Waals surface area contributed by atoms with E-state index in [9.17, 15) is 14.4 Å². The summed E-state index contributed by atoms with van der Waals surface area (Å²) in [5.41, 5.74) is 1.08. The van der Waals surface area contributed by atoms with Gasteiger partial charge in [-0.15, -0.1) is 11.3 Å². The zero-order valence-corrected chi connectivity index (χ0v) is 22.2. The molecule has 0 saturated carbocycles. The summed E-state index contributed by atoms with van der Waals surface area (Å²) < 4.78 is 18.3. The van der Waals surface area contributed by atoms with E-state index in [0.29, 0.717) is 26.3 Å².